The monoisotopic (exact) mass is 428 g/mol. The van der Waals surface area contributed by atoms with Crippen molar-refractivity contribution >= 4 is 23.1 Å². The largest absolute Gasteiger partial charge is 0.497 e. The van der Waals surface area contributed by atoms with Crippen molar-refractivity contribution in [1.29, 1.82) is 0 Å². The Balaban J connectivity index is 1.68. The summed E-state index contributed by atoms with van der Waals surface area (Å²) in [7, 11) is 3.11. The number of carbonyl (C=O) groups excluding carboxylic acids is 2. The fraction of sp³-hybridized carbons (Fsp3) is 0.154. The van der Waals surface area contributed by atoms with Gasteiger partial charge in [0, 0.05) is 12.6 Å². The van der Waals surface area contributed by atoms with E-state index >= 15 is 0 Å². The first-order chi connectivity index (χ1) is 15.6. The number of imide groups is 1. The molecule has 1 aliphatic rings. The molecule has 162 valence electrons. The van der Waals surface area contributed by atoms with Gasteiger partial charge in [0.1, 0.15) is 17.2 Å². The van der Waals surface area contributed by atoms with Crippen molar-refractivity contribution in [3.8, 4) is 11.5 Å². The molecular formula is C26H24N2O4. The molecule has 0 aliphatic carbocycles. The van der Waals surface area contributed by atoms with Gasteiger partial charge in [-0.25, -0.2) is 0 Å². The van der Waals surface area contributed by atoms with Gasteiger partial charge in [0.2, 0.25) is 0 Å². The van der Waals surface area contributed by atoms with Crippen LogP contribution in [0.15, 0.2) is 84.6 Å². The van der Waals surface area contributed by atoms with Crippen LogP contribution in [0.4, 0.5) is 5.69 Å². The van der Waals surface area contributed by atoms with E-state index in [1.807, 2.05) is 60.7 Å². The molecule has 1 aliphatic heterocycles. The van der Waals surface area contributed by atoms with Gasteiger partial charge in [-0.05, 0) is 29.7 Å². The van der Waals surface area contributed by atoms with E-state index in [0.29, 0.717) is 41.3 Å². The Bertz CT molecular complexity index is 1160. The minimum absolute atomic E-state index is 0.234. The summed E-state index contributed by atoms with van der Waals surface area (Å²) in [6, 6.07) is 24.3. The Labute approximate surface area is 187 Å². The fourth-order valence-corrected chi connectivity index (χ4v) is 3.69. The highest BCUT2D eigenvalue weighted by Crippen LogP contribution is 2.35. The van der Waals surface area contributed by atoms with Crippen molar-refractivity contribution in [3.63, 3.8) is 0 Å². The van der Waals surface area contributed by atoms with E-state index in [0.717, 1.165) is 5.56 Å². The molecule has 1 N–H and O–H groups in total. The molecule has 0 spiro atoms. The molecule has 0 saturated heterocycles. The predicted octanol–water partition coefficient (Wildman–Crippen LogP) is 4.14. The first kappa shape index (κ1) is 21.2. The molecule has 0 bridgehead atoms. The number of nitrogens with one attached hydrogen (secondary N) is 1. The maximum atomic E-state index is 13.4. The summed E-state index contributed by atoms with van der Waals surface area (Å²) in [5.41, 5.74) is 2.90. The van der Waals surface area contributed by atoms with E-state index in [9.17, 15) is 9.59 Å². The van der Waals surface area contributed by atoms with Gasteiger partial charge < -0.3 is 14.8 Å². The molecule has 6 heteroatoms. The summed E-state index contributed by atoms with van der Waals surface area (Å²) in [6.07, 6.45) is 0.583. The molecule has 0 radical (unpaired) electrons. The van der Waals surface area contributed by atoms with E-state index < -0.39 is 0 Å². The second kappa shape index (κ2) is 9.39. The zero-order chi connectivity index (χ0) is 22.5. The predicted molar refractivity (Wildman–Crippen MR) is 123 cm³/mol. The van der Waals surface area contributed by atoms with E-state index in [2.05, 4.69) is 5.32 Å². The number of benzene rings is 3. The van der Waals surface area contributed by atoms with Crippen molar-refractivity contribution in [2.45, 2.75) is 6.42 Å². The number of ether oxygens (including phenoxy) is 2. The zero-order valence-electron chi connectivity index (χ0n) is 18.0. The van der Waals surface area contributed by atoms with Crippen LogP contribution < -0.4 is 14.8 Å². The summed E-state index contributed by atoms with van der Waals surface area (Å²) >= 11 is 0. The molecule has 2 amide bonds. The summed E-state index contributed by atoms with van der Waals surface area (Å²) in [5.74, 6) is 0.463. The standard InChI is InChI=1S/C26H24N2O4/c1-31-20-13-14-21(22(17-20)32-2)27-24-23(19-11-7-4-8-12-19)25(29)28(26(24)30)16-15-18-9-5-3-6-10-18/h3-14,17,27H,15-16H2,1-2H3. The van der Waals surface area contributed by atoms with Crippen LogP contribution in [0.2, 0.25) is 0 Å². The number of methoxy groups -OCH3 is 2. The number of amides is 2. The topological polar surface area (TPSA) is 67.9 Å². The van der Waals surface area contributed by atoms with E-state index in [1.54, 1.807) is 32.4 Å². The third-order valence-corrected chi connectivity index (χ3v) is 5.37. The molecule has 1 heterocycles. The van der Waals surface area contributed by atoms with Crippen molar-refractivity contribution in [2.75, 3.05) is 26.1 Å². The molecule has 3 aromatic carbocycles. The molecule has 3 aromatic rings. The fourth-order valence-electron chi connectivity index (χ4n) is 3.69. The van der Waals surface area contributed by atoms with Crippen LogP contribution in [-0.4, -0.2) is 37.5 Å². The van der Waals surface area contributed by atoms with Crippen LogP contribution in [0.1, 0.15) is 11.1 Å². The van der Waals surface area contributed by atoms with Crippen LogP contribution >= 0.6 is 0 Å². The first-order valence-corrected chi connectivity index (χ1v) is 10.3. The highest BCUT2D eigenvalue weighted by molar-refractivity contribution is 6.36. The van der Waals surface area contributed by atoms with Crippen molar-refractivity contribution in [2.24, 2.45) is 0 Å². The van der Waals surface area contributed by atoms with Crippen molar-refractivity contribution in [1.82, 2.24) is 4.90 Å². The summed E-state index contributed by atoms with van der Waals surface area (Å²) in [6.45, 7) is 0.295. The van der Waals surface area contributed by atoms with Crippen LogP contribution in [0.3, 0.4) is 0 Å². The molecule has 0 atom stereocenters. The average molecular weight is 428 g/mol. The average Bonchev–Trinajstić information content (AvgIpc) is 3.07. The van der Waals surface area contributed by atoms with Crippen molar-refractivity contribution < 1.29 is 19.1 Å². The van der Waals surface area contributed by atoms with Gasteiger partial charge in [-0.3, -0.25) is 14.5 Å². The number of rotatable bonds is 8. The maximum Gasteiger partial charge on any atom is 0.278 e. The van der Waals surface area contributed by atoms with Crippen LogP contribution in [0.25, 0.3) is 5.57 Å². The lowest BCUT2D eigenvalue weighted by Crippen LogP contribution is -2.34. The zero-order valence-corrected chi connectivity index (χ0v) is 18.0. The second-order valence-corrected chi connectivity index (χ2v) is 7.30. The number of hydrogen-bond donors (Lipinski definition) is 1. The Kier molecular flexibility index (Phi) is 6.22. The smallest absolute Gasteiger partial charge is 0.278 e. The summed E-state index contributed by atoms with van der Waals surface area (Å²) in [4.78, 5) is 28.0. The molecule has 0 unspecified atom stereocenters. The van der Waals surface area contributed by atoms with Crippen LogP contribution in [0.5, 0.6) is 11.5 Å². The van der Waals surface area contributed by atoms with Crippen LogP contribution in [0, 0.1) is 0 Å². The highest BCUT2D eigenvalue weighted by Gasteiger charge is 2.39. The number of nitrogens with zero attached hydrogens (tertiary/aromatic N) is 1. The highest BCUT2D eigenvalue weighted by atomic mass is 16.5. The molecular weight excluding hydrogens is 404 g/mol. The molecule has 32 heavy (non-hydrogen) atoms. The van der Waals surface area contributed by atoms with E-state index in [1.165, 1.54) is 4.90 Å². The number of anilines is 1. The molecule has 0 saturated carbocycles. The second-order valence-electron chi connectivity index (χ2n) is 7.30. The summed E-state index contributed by atoms with van der Waals surface area (Å²) in [5, 5.41) is 3.16. The molecule has 6 nitrogen and oxygen atoms in total. The minimum Gasteiger partial charge on any atom is -0.497 e. The van der Waals surface area contributed by atoms with Gasteiger partial charge in [0.25, 0.3) is 11.8 Å². The molecule has 0 fully saturated rings. The normalized spacial score (nSPS) is 13.5. The van der Waals surface area contributed by atoms with Crippen LogP contribution in [-0.2, 0) is 16.0 Å². The third kappa shape index (κ3) is 4.21. The minimum atomic E-state index is -0.359. The third-order valence-electron chi connectivity index (χ3n) is 5.37. The molecule has 4 rings (SSSR count). The van der Waals surface area contributed by atoms with E-state index in [-0.39, 0.29) is 17.5 Å². The van der Waals surface area contributed by atoms with Gasteiger partial charge in [0.15, 0.2) is 0 Å². The van der Waals surface area contributed by atoms with Gasteiger partial charge in [-0.1, -0.05) is 60.7 Å². The van der Waals surface area contributed by atoms with Crippen molar-refractivity contribution in [3.05, 3.63) is 95.7 Å². The first-order valence-electron chi connectivity index (χ1n) is 10.3. The molecule has 0 aromatic heterocycles. The van der Waals surface area contributed by atoms with Gasteiger partial charge in [-0.2, -0.15) is 0 Å². The van der Waals surface area contributed by atoms with Gasteiger partial charge in [-0.15, -0.1) is 0 Å². The Morgan fingerprint density at radius 1 is 0.812 bits per heavy atom. The lowest BCUT2D eigenvalue weighted by molar-refractivity contribution is -0.136. The maximum absolute atomic E-state index is 13.4. The lowest BCUT2D eigenvalue weighted by Gasteiger charge is -2.16. The Morgan fingerprint density at radius 3 is 2.16 bits per heavy atom. The van der Waals surface area contributed by atoms with Gasteiger partial charge >= 0.3 is 0 Å². The number of carbonyl (C=O) groups is 2. The number of hydrogen-bond acceptors (Lipinski definition) is 5. The van der Waals surface area contributed by atoms with Gasteiger partial charge in [0.05, 0.1) is 25.5 Å². The van der Waals surface area contributed by atoms with E-state index in [4.69, 9.17) is 9.47 Å². The summed E-state index contributed by atoms with van der Waals surface area (Å²) < 4.78 is 10.7. The Hall–Kier alpha value is -4.06. The lowest BCUT2D eigenvalue weighted by atomic mass is 10.0. The Morgan fingerprint density at radius 2 is 1.50 bits per heavy atom. The SMILES string of the molecule is COc1ccc(NC2=C(c3ccccc3)C(=O)N(CCc3ccccc3)C2=O)c(OC)c1. The quantitative estimate of drug-likeness (QED) is 0.546.